The number of carbonyl (C=O) groups is 1. The van der Waals surface area contributed by atoms with Crippen LogP contribution in [0.5, 0.6) is 0 Å². The van der Waals surface area contributed by atoms with Crippen molar-refractivity contribution in [2.24, 2.45) is 0 Å². The lowest BCUT2D eigenvalue weighted by Gasteiger charge is -2.15. The van der Waals surface area contributed by atoms with Crippen molar-refractivity contribution in [1.29, 1.82) is 0 Å². The first kappa shape index (κ1) is 13.4. The Morgan fingerprint density at radius 1 is 1.38 bits per heavy atom. The van der Waals surface area contributed by atoms with E-state index in [9.17, 15) is 4.79 Å². The first-order valence-electron chi connectivity index (χ1n) is 5.25. The number of hydrogen-bond acceptors (Lipinski definition) is 2. The van der Waals surface area contributed by atoms with Crippen LogP contribution in [-0.4, -0.2) is 29.5 Å². The first-order chi connectivity index (χ1) is 7.63. The van der Waals surface area contributed by atoms with Crippen LogP contribution in [-0.2, 0) is 6.42 Å². The van der Waals surface area contributed by atoms with Gasteiger partial charge in [0.05, 0.1) is 0 Å². The largest absolute Gasteiger partial charge is 0.336 e. The van der Waals surface area contributed by atoms with Crippen molar-refractivity contribution < 1.29 is 4.79 Å². The van der Waals surface area contributed by atoms with Crippen molar-refractivity contribution in [1.82, 2.24) is 4.90 Å². The van der Waals surface area contributed by atoms with Gasteiger partial charge in [-0.2, -0.15) is 0 Å². The number of halogens is 1. The standard InChI is InChI=1S/C12H16ClNOS/c1-3-16-12(15)14(2)9-8-10-4-6-11(13)7-5-10/h4-7H,3,8-9H2,1-2H3. The molecule has 0 atom stereocenters. The Labute approximate surface area is 106 Å². The van der Waals surface area contributed by atoms with Gasteiger partial charge in [0.15, 0.2) is 0 Å². The van der Waals surface area contributed by atoms with E-state index in [1.165, 1.54) is 17.3 Å². The molecule has 0 saturated heterocycles. The Hall–Kier alpha value is -0.670. The molecule has 1 aromatic carbocycles. The van der Waals surface area contributed by atoms with E-state index in [0.29, 0.717) is 0 Å². The highest BCUT2D eigenvalue weighted by molar-refractivity contribution is 8.13. The monoisotopic (exact) mass is 257 g/mol. The van der Waals surface area contributed by atoms with E-state index in [1.807, 2.05) is 38.2 Å². The van der Waals surface area contributed by atoms with Crippen molar-refractivity contribution in [2.45, 2.75) is 13.3 Å². The Balaban J connectivity index is 2.39. The summed E-state index contributed by atoms with van der Waals surface area (Å²) < 4.78 is 0. The molecule has 0 heterocycles. The average molecular weight is 258 g/mol. The van der Waals surface area contributed by atoms with E-state index in [2.05, 4.69) is 0 Å². The lowest BCUT2D eigenvalue weighted by atomic mass is 10.1. The predicted octanol–water partition coefficient (Wildman–Crippen LogP) is 3.69. The van der Waals surface area contributed by atoms with Crippen LogP contribution < -0.4 is 0 Å². The molecule has 1 amide bonds. The maximum absolute atomic E-state index is 11.5. The second kappa shape index (κ2) is 6.81. The summed E-state index contributed by atoms with van der Waals surface area (Å²) in [7, 11) is 1.83. The van der Waals surface area contributed by atoms with Gasteiger partial charge in [-0.3, -0.25) is 4.79 Å². The number of carbonyl (C=O) groups excluding carboxylic acids is 1. The molecule has 0 aliphatic rings. The van der Waals surface area contributed by atoms with Crippen LogP contribution in [0.4, 0.5) is 4.79 Å². The molecule has 0 aromatic heterocycles. The van der Waals surface area contributed by atoms with Crippen LogP contribution in [0.3, 0.4) is 0 Å². The molecule has 1 rings (SSSR count). The molecular formula is C12H16ClNOS. The lowest BCUT2D eigenvalue weighted by Crippen LogP contribution is -2.25. The van der Waals surface area contributed by atoms with Gasteiger partial charge in [0.2, 0.25) is 0 Å². The number of hydrogen-bond donors (Lipinski definition) is 0. The summed E-state index contributed by atoms with van der Waals surface area (Å²) in [6.45, 7) is 2.73. The molecule has 2 nitrogen and oxygen atoms in total. The molecule has 0 fully saturated rings. The van der Waals surface area contributed by atoms with Gasteiger partial charge < -0.3 is 4.90 Å². The second-order valence-corrected chi connectivity index (χ2v) is 5.15. The fourth-order valence-electron chi connectivity index (χ4n) is 1.27. The van der Waals surface area contributed by atoms with E-state index < -0.39 is 0 Å². The first-order valence-corrected chi connectivity index (χ1v) is 6.62. The van der Waals surface area contributed by atoms with Gasteiger partial charge in [0, 0.05) is 18.6 Å². The zero-order valence-corrected chi connectivity index (χ0v) is 11.1. The summed E-state index contributed by atoms with van der Waals surface area (Å²) >= 11 is 7.14. The van der Waals surface area contributed by atoms with Crippen molar-refractivity contribution in [3.63, 3.8) is 0 Å². The molecule has 0 bridgehead atoms. The number of rotatable bonds is 4. The Bertz CT molecular complexity index is 339. The summed E-state index contributed by atoms with van der Waals surface area (Å²) in [5.41, 5.74) is 1.20. The summed E-state index contributed by atoms with van der Waals surface area (Å²) in [5.74, 6) is 0.824. The number of likely N-dealkylation sites (N-methyl/N-ethyl adjacent to an activating group) is 1. The smallest absolute Gasteiger partial charge is 0.281 e. The maximum Gasteiger partial charge on any atom is 0.281 e. The molecule has 4 heteroatoms. The summed E-state index contributed by atoms with van der Waals surface area (Å²) in [6.07, 6.45) is 0.865. The van der Waals surface area contributed by atoms with Gasteiger partial charge in [-0.25, -0.2) is 0 Å². The van der Waals surface area contributed by atoms with Crippen LogP contribution in [0.1, 0.15) is 12.5 Å². The van der Waals surface area contributed by atoms with E-state index >= 15 is 0 Å². The second-order valence-electron chi connectivity index (χ2n) is 3.50. The highest BCUT2D eigenvalue weighted by Crippen LogP contribution is 2.11. The number of nitrogens with zero attached hydrogens (tertiary/aromatic N) is 1. The molecule has 0 aliphatic carbocycles. The highest BCUT2D eigenvalue weighted by atomic mass is 35.5. The van der Waals surface area contributed by atoms with Crippen LogP contribution in [0.15, 0.2) is 24.3 Å². The zero-order chi connectivity index (χ0) is 12.0. The quantitative estimate of drug-likeness (QED) is 0.820. The van der Waals surface area contributed by atoms with Crippen LogP contribution in [0, 0.1) is 0 Å². The number of benzene rings is 1. The van der Waals surface area contributed by atoms with E-state index in [0.717, 1.165) is 23.7 Å². The Kier molecular flexibility index (Phi) is 5.71. The molecule has 1 aromatic rings. The van der Waals surface area contributed by atoms with Crippen LogP contribution >= 0.6 is 23.4 Å². The van der Waals surface area contributed by atoms with Gasteiger partial charge in [-0.15, -0.1) is 0 Å². The highest BCUT2D eigenvalue weighted by Gasteiger charge is 2.07. The minimum absolute atomic E-state index is 0.136. The number of amides is 1. The summed E-state index contributed by atoms with van der Waals surface area (Å²) in [6, 6.07) is 7.74. The molecule has 88 valence electrons. The fraction of sp³-hybridized carbons (Fsp3) is 0.417. The summed E-state index contributed by atoms with van der Waals surface area (Å²) in [5, 5.41) is 0.881. The van der Waals surface area contributed by atoms with Gasteiger partial charge in [0.1, 0.15) is 0 Å². The Morgan fingerprint density at radius 2 is 2.00 bits per heavy atom. The molecule has 0 unspecified atom stereocenters. The predicted molar refractivity (Wildman–Crippen MR) is 71.3 cm³/mol. The van der Waals surface area contributed by atoms with Gasteiger partial charge in [0.25, 0.3) is 5.24 Å². The van der Waals surface area contributed by atoms with Gasteiger partial charge >= 0.3 is 0 Å². The average Bonchev–Trinajstić information content (AvgIpc) is 2.28. The maximum atomic E-state index is 11.5. The fourth-order valence-corrected chi connectivity index (χ4v) is 1.96. The third-order valence-electron chi connectivity index (χ3n) is 2.23. The van der Waals surface area contributed by atoms with Gasteiger partial charge in [-0.1, -0.05) is 42.4 Å². The topological polar surface area (TPSA) is 20.3 Å². The molecule has 0 radical (unpaired) electrons. The number of thioether (sulfide) groups is 1. The SMILES string of the molecule is CCSC(=O)N(C)CCc1ccc(Cl)cc1. The molecule has 0 aliphatic heterocycles. The normalized spacial score (nSPS) is 10.2. The zero-order valence-electron chi connectivity index (χ0n) is 9.57. The minimum Gasteiger partial charge on any atom is -0.336 e. The molecular weight excluding hydrogens is 242 g/mol. The van der Waals surface area contributed by atoms with E-state index in [1.54, 1.807) is 4.90 Å². The molecule has 0 N–H and O–H groups in total. The van der Waals surface area contributed by atoms with E-state index in [-0.39, 0.29) is 5.24 Å². The van der Waals surface area contributed by atoms with Crippen molar-refractivity contribution in [3.05, 3.63) is 34.9 Å². The third-order valence-corrected chi connectivity index (χ3v) is 3.33. The van der Waals surface area contributed by atoms with Crippen molar-refractivity contribution in [3.8, 4) is 0 Å². The Morgan fingerprint density at radius 3 is 2.56 bits per heavy atom. The van der Waals surface area contributed by atoms with Crippen molar-refractivity contribution >= 4 is 28.6 Å². The minimum atomic E-state index is 0.136. The van der Waals surface area contributed by atoms with E-state index in [4.69, 9.17) is 11.6 Å². The van der Waals surface area contributed by atoms with Gasteiger partial charge in [-0.05, 0) is 29.9 Å². The van der Waals surface area contributed by atoms with Crippen molar-refractivity contribution in [2.75, 3.05) is 19.3 Å². The third kappa shape index (κ3) is 4.45. The molecule has 16 heavy (non-hydrogen) atoms. The molecule has 0 spiro atoms. The van der Waals surface area contributed by atoms with Crippen LogP contribution in [0.25, 0.3) is 0 Å². The lowest BCUT2D eigenvalue weighted by molar-refractivity contribution is 0.234. The van der Waals surface area contributed by atoms with Crippen LogP contribution in [0.2, 0.25) is 5.02 Å². The summed E-state index contributed by atoms with van der Waals surface area (Å²) in [4.78, 5) is 13.2. The molecule has 0 saturated carbocycles.